The van der Waals surface area contributed by atoms with Crippen molar-refractivity contribution in [3.05, 3.63) is 43.0 Å². The largest absolute Gasteiger partial charge is 0.399 e. The monoisotopic (exact) mass is 372 g/mol. The van der Waals surface area contributed by atoms with Crippen LogP contribution in [0.5, 0.6) is 0 Å². The van der Waals surface area contributed by atoms with E-state index < -0.39 is 0 Å². The van der Waals surface area contributed by atoms with E-state index in [0.29, 0.717) is 0 Å². The van der Waals surface area contributed by atoms with E-state index in [1.54, 1.807) is 0 Å². The quantitative estimate of drug-likeness (QED) is 0.451. The third-order valence-corrected chi connectivity index (χ3v) is 5.66. The first kappa shape index (κ1) is 19.7. The maximum Gasteiger partial charge on any atom is 0.243 e. The van der Waals surface area contributed by atoms with Gasteiger partial charge in [-0.05, 0) is 30.7 Å². The highest BCUT2D eigenvalue weighted by Gasteiger charge is 2.20. The van der Waals surface area contributed by atoms with Crippen LogP contribution in [0.2, 0.25) is 0 Å². The summed E-state index contributed by atoms with van der Waals surface area (Å²) in [6.45, 7) is 9.13. The van der Waals surface area contributed by atoms with Gasteiger partial charge in [0.25, 0.3) is 0 Å². The maximum atomic E-state index is 5.82. The number of hydrogen-bond donors (Lipinski definition) is 1. The molecule has 27 heavy (non-hydrogen) atoms. The molecule has 0 radical (unpaired) electrons. The Kier molecular flexibility index (Phi) is 6.39. The zero-order valence-corrected chi connectivity index (χ0v) is 17.2. The molecule has 1 aromatic carbocycles. The topological polar surface area (TPSA) is 41.3 Å². The van der Waals surface area contributed by atoms with Crippen molar-refractivity contribution < 1.29 is 9.05 Å². The number of imidazole rings is 1. The van der Waals surface area contributed by atoms with Gasteiger partial charge in [0.1, 0.15) is 25.5 Å². The number of hydrogen-bond acceptors (Lipinski definition) is 3. The zero-order chi connectivity index (χ0) is 19.3. The predicted octanol–water partition coefficient (Wildman–Crippen LogP) is 1.18. The van der Waals surface area contributed by atoms with Crippen molar-refractivity contribution >= 4 is 11.4 Å². The molecule has 0 atom stereocenters. The van der Waals surface area contributed by atoms with Crippen molar-refractivity contribution in [2.24, 2.45) is 7.05 Å². The Labute approximate surface area is 164 Å². The number of quaternary nitrogens is 1. The van der Waals surface area contributed by atoms with Crippen molar-refractivity contribution in [2.45, 2.75) is 13.0 Å². The van der Waals surface area contributed by atoms with Crippen LogP contribution in [0.4, 0.5) is 11.4 Å². The molecule has 0 unspecified atom stereocenters. The lowest BCUT2D eigenvalue weighted by molar-refractivity contribution is -0.890. The van der Waals surface area contributed by atoms with Crippen molar-refractivity contribution in [1.82, 2.24) is 9.47 Å². The average Bonchev–Trinajstić information content (AvgIpc) is 2.91. The van der Waals surface area contributed by atoms with Crippen LogP contribution in [0.25, 0.3) is 0 Å². The minimum Gasteiger partial charge on any atom is -0.399 e. The number of nitrogen functional groups attached to an aromatic ring is 1. The van der Waals surface area contributed by atoms with Crippen molar-refractivity contribution in [1.29, 1.82) is 0 Å². The Hall–Kier alpha value is -2.05. The van der Waals surface area contributed by atoms with E-state index >= 15 is 0 Å². The molecule has 1 aliphatic rings. The van der Waals surface area contributed by atoms with E-state index in [0.717, 1.165) is 42.9 Å². The summed E-state index contributed by atoms with van der Waals surface area (Å²) in [7, 11) is 6.77. The summed E-state index contributed by atoms with van der Waals surface area (Å²) >= 11 is 0. The second-order valence-electron chi connectivity index (χ2n) is 8.47. The molecule has 148 valence electrons. The zero-order valence-electron chi connectivity index (χ0n) is 17.2. The summed E-state index contributed by atoms with van der Waals surface area (Å²) in [4.78, 5) is 5.12. The molecular weight excluding hydrogens is 336 g/mol. The van der Waals surface area contributed by atoms with Crippen LogP contribution in [-0.2, 0) is 13.6 Å². The van der Waals surface area contributed by atoms with E-state index in [2.05, 4.69) is 70.9 Å². The van der Waals surface area contributed by atoms with Gasteiger partial charge in [0, 0.05) is 44.1 Å². The molecule has 2 heterocycles. The van der Waals surface area contributed by atoms with Crippen LogP contribution in [0.3, 0.4) is 0 Å². The lowest BCUT2D eigenvalue weighted by atomic mass is 10.2. The molecule has 0 aliphatic carbocycles. The normalized spacial score (nSPS) is 16.5. The van der Waals surface area contributed by atoms with E-state index in [4.69, 9.17) is 5.73 Å². The standard InChI is InChI=1S/C21H36N6/c1-23-11-12-25(19-23)16-18-27(2,3)17-15-24-9-4-10-26(14-13-24)21-7-5-20(22)6-8-21/h5-8,11-12,19H,4,9-10,13-18,22H2,1-3H3/q+2. The first-order valence-corrected chi connectivity index (χ1v) is 10.1. The highest BCUT2D eigenvalue weighted by atomic mass is 15.3. The minimum atomic E-state index is 0.837. The summed E-state index contributed by atoms with van der Waals surface area (Å²) in [5.41, 5.74) is 7.95. The van der Waals surface area contributed by atoms with Crippen LogP contribution < -0.4 is 15.2 Å². The number of anilines is 2. The lowest BCUT2D eigenvalue weighted by Crippen LogP contribution is -2.47. The Bertz CT molecular complexity index is 706. The summed E-state index contributed by atoms with van der Waals surface area (Å²) < 4.78 is 5.43. The van der Waals surface area contributed by atoms with E-state index in [1.807, 2.05) is 12.1 Å². The van der Waals surface area contributed by atoms with Crippen molar-refractivity contribution in [3.8, 4) is 0 Å². The summed E-state index contributed by atoms with van der Waals surface area (Å²) in [5.74, 6) is 0. The summed E-state index contributed by atoms with van der Waals surface area (Å²) in [6, 6.07) is 8.30. The average molecular weight is 373 g/mol. The number of benzene rings is 1. The third kappa shape index (κ3) is 5.97. The van der Waals surface area contributed by atoms with Gasteiger partial charge in [-0.15, -0.1) is 0 Å². The molecular formula is C21H36N6+2. The van der Waals surface area contributed by atoms with Gasteiger partial charge in [-0.3, -0.25) is 4.90 Å². The molecule has 6 heteroatoms. The van der Waals surface area contributed by atoms with Crippen LogP contribution >= 0.6 is 0 Å². The Morgan fingerprint density at radius 2 is 1.74 bits per heavy atom. The molecule has 0 bridgehead atoms. The number of aromatic nitrogens is 2. The van der Waals surface area contributed by atoms with Crippen LogP contribution in [0.15, 0.2) is 43.0 Å². The Balaban J connectivity index is 1.44. The summed E-state index contributed by atoms with van der Waals surface area (Å²) in [6.07, 6.45) is 7.63. The van der Waals surface area contributed by atoms with Gasteiger partial charge in [0.15, 0.2) is 0 Å². The molecule has 0 amide bonds. The third-order valence-electron chi connectivity index (χ3n) is 5.66. The number of rotatable bonds is 7. The second-order valence-corrected chi connectivity index (χ2v) is 8.47. The number of aryl methyl sites for hydroxylation is 1. The maximum absolute atomic E-state index is 5.82. The smallest absolute Gasteiger partial charge is 0.243 e. The fraction of sp³-hybridized carbons (Fsp3) is 0.571. The van der Waals surface area contributed by atoms with Crippen LogP contribution in [0.1, 0.15) is 6.42 Å². The molecule has 1 fully saturated rings. The molecule has 2 aromatic rings. The number of nitrogens with zero attached hydrogens (tertiary/aromatic N) is 5. The number of likely N-dealkylation sites (N-methyl/N-ethyl adjacent to an activating group) is 1. The first-order chi connectivity index (χ1) is 12.9. The molecule has 1 aliphatic heterocycles. The first-order valence-electron chi connectivity index (χ1n) is 10.1. The predicted molar refractivity (Wildman–Crippen MR) is 112 cm³/mol. The SMILES string of the molecule is C[n+]1ccn(CC[N+](C)(C)CCN2CCCN(c3ccc(N)cc3)CC2)c1. The van der Waals surface area contributed by atoms with Crippen molar-refractivity contribution in [2.75, 3.05) is 70.5 Å². The fourth-order valence-electron chi connectivity index (χ4n) is 3.68. The van der Waals surface area contributed by atoms with Gasteiger partial charge in [-0.2, -0.15) is 0 Å². The molecule has 6 nitrogen and oxygen atoms in total. The highest BCUT2D eigenvalue weighted by Crippen LogP contribution is 2.18. The van der Waals surface area contributed by atoms with Gasteiger partial charge in [0.05, 0.1) is 27.7 Å². The van der Waals surface area contributed by atoms with Gasteiger partial charge >= 0.3 is 0 Å². The summed E-state index contributed by atoms with van der Waals surface area (Å²) in [5, 5.41) is 0. The van der Waals surface area contributed by atoms with Gasteiger partial charge in [-0.1, -0.05) is 0 Å². The minimum absolute atomic E-state index is 0.837. The number of nitrogens with two attached hydrogens (primary N) is 1. The van der Waals surface area contributed by atoms with Gasteiger partial charge in [-0.25, -0.2) is 9.13 Å². The van der Waals surface area contributed by atoms with E-state index in [9.17, 15) is 0 Å². The van der Waals surface area contributed by atoms with Crippen LogP contribution in [0, 0.1) is 0 Å². The fourth-order valence-corrected chi connectivity index (χ4v) is 3.68. The molecule has 0 saturated carbocycles. The Morgan fingerprint density at radius 1 is 1.00 bits per heavy atom. The van der Waals surface area contributed by atoms with Crippen LogP contribution in [-0.4, -0.2) is 73.9 Å². The van der Waals surface area contributed by atoms with E-state index in [1.165, 1.54) is 31.7 Å². The molecule has 1 aromatic heterocycles. The molecule has 3 rings (SSSR count). The highest BCUT2D eigenvalue weighted by molar-refractivity contribution is 5.53. The lowest BCUT2D eigenvalue weighted by Gasteiger charge is -2.32. The van der Waals surface area contributed by atoms with Gasteiger partial charge < -0.3 is 15.1 Å². The van der Waals surface area contributed by atoms with Crippen molar-refractivity contribution in [3.63, 3.8) is 0 Å². The Morgan fingerprint density at radius 3 is 2.44 bits per heavy atom. The van der Waals surface area contributed by atoms with Gasteiger partial charge in [0.2, 0.25) is 6.33 Å². The molecule has 2 N–H and O–H groups in total. The second kappa shape index (κ2) is 8.76. The molecule has 1 saturated heterocycles. The molecule has 0 spiro atoms. The van der Waals surface area contributed by atoms with E-state index in [-0.39, 0.29) is 0 Å².